The number of aromatic nitrogens is 2. The van der Waals surface area contributed by atoms with Crippen LogP contribution in [0.15, 0.2) is 30.5 Å². The minimum Gasteiger partial charge on any atom is -0.336 e. The molecule has 2 rings (SSSR count). The van der Waals surface area contributed by atoms with Crippen molar-refractivity contribution >= 4 is 46.7 Å². The van der Waals surface area contributed by atoms with E-state index in [2.05, 4.69) is 22.6 Å². The molecule has 0 radical (unpaired) electrons. The smallest absolute Gasteiger partial charge is 0.152 e. The van der Waals surface area contributed by atoms with Gasteiger partial charge in [0, 0.05) is 22.3 Å². The molecule has 1 aromatic carbocycles. The summed E-state index contributed by atoms with van der Waals surface area (Å²) in [4.78, 5) is 0. The molecule has 0 spiro atoms. The molecule has 0 saturated heterocycles. The normalized spacial score (nSPS) is 10.2. The number of halogens is 2. The highest BCUT2D eigenvalue weighted by Crippen LogP contribution is 2.21. The Labute approximate surface area is 114 Å². The fourth-order valence-electron chi connectivity index (χ4n) is 1.43. The summed E-state index contributed by atoms with van der Waals surface area (Å²) < 4.78 is 1.76. The van der Waals surface area contributed by atoms with Crippen LogP contribution in [0.1, 0.15) is 5.56 Å². The fourth-order valence-corrected chi connectivity index (χ4v) is 1.92. The van der Waals surface area contributed by atoms with Crippen LogP contribution < -0.4 is 5.32 Å². The van der Waals surface area contributed by atoms with Gasteiger partial charge in [-0.05, 0) is 23.8 Å². The van der Waals surface area contributed by atoms with Gasteiger partial charge in [0.05, 0.1) is 12.0 Å². The molecule has 88 valence electrons. The highest BCUT2D eigenvalue weighted by Gasteiger charge is 2.04. The first-order valence-electron chi connectivity index (χ1n) is 4.86. The molecule has 6 heteroatoms. The number of hydrogen-bond acceptors (Lipinski definition) is 2. The third-order valence-corrected chi connectivity index (χ3v) is 2.91. The Bertz CT molecular complexity index is 539. The molecule has 2 aromatic rings. The summed E-state index contributed by atoms with van der Waals surface area (Å²) in [7, 11) is 0. The van der Waals surface area contributed by atoms with E-state index >= 15 is 0 Å². The van der Waals surface area contributed by atoms with Crippen molar-refractivity contribution < 1.29 is 0 Å². The molecule has 0 amide bonds. The minimum atomic E-state index is 0.568. The van der Waals surface area contributed by atoms with Crippen molar-refractivity contribution in [3.05, 3.63) is 46.1 Å². The van der Waals surface area contributed by atoms with E-state index in [4.69, 9.17) is 23.2 Å². The second-order valence-electron chi connectivity index (χ2n) is 3.40. The van der Waals surface area contributed by atoms with E-state index in [1.54, 1.807) is 16.8 Å². The summed E-state index contributed by atoms with van der Waals surface area (Å²) in [5, 5.41) is 8.45. The van der Waals surface area contributed by atoms with Gasteiger partial charge in [-0.15, -0.1) is 0 Å². The molecule has 17 heavy (non-hydrogen) atoms. The monoisotopic (exact) mass is 285 g/mol. The average Bonchev–Trinajstić information content (AvgIpc) is 2.72. The second-order valence-corrected chi connectivity index (χ2v) is 4.48. The van der Waals surface area contributed by atoms with Crippen LogP contribution in [0, 0.1) is 0 Å². The molecular formula is C11H9Cl2N3S. The molecule has 0 aliphatic rings. The second kappa shape index (κ2) is 5.49. The molecule has 0 fully saturated rings. The first kappa shape index (κ1) is 12.4. The van der Waals surface area contributed by atoms with Gasteiger partial charge in [-0.3, -0.25) is 4.68 Å². The maximum absolute atomic E-state index is 6.08. The summed E-state index contributed by atoms with van der Waals surface area (Å²) in [6.07, 6.45) is 1.85. The molecule has 0 atom stereocenters. The summed E-state index contributed by atoms with van der Waals surface area (Å²) in [5.41, 5.74) is 2.34. The third kappa shape index (κ3) is 3.19. The molecule has 0 aliphatic carbocycles. The zero-order chi connectivity index (χ0) is 12.3. The Kier molecular flexibility index (Phi) is 3.99. The summed E-state index contributed by atoms with van der Waals surface area (Å²) in [6.45, 7) is 0.568. The molecule has 1 N–H and O–H groups in total. The summed E-state index contributed by atoms with van der Waals surface area (Å²) in [6, 6.07) is 7.20. The molecule has 1 heterocycles. The van der Waals surface area contributed by atoms with Gasteiger partial charge in [-0.2, -0.15) is 5.10 Å². The van der Waals surface area contributed by atoms with Crippen LogP contribution in [0.4, 0.5) is 5.82 Å². The summed E-state index contributed by atoms with van der Waals surface area (Å²) in [5.74, 6) is 0.707. The number of rotatable bonds is 4. The predicted molar refractivity (Wildman–Crippen MR) is 75.1 cm³/mol. The first-order chi connectivity index (χ1) is 8.19. The Morgan fingerprint density at radius 3 is 2.94 bits per heavy atom. The van der Waals surface area contributed by atoms with E-state index in [0.29, 0.717) is 22.4 Å². The predicted octanol–water partition coefficient (Wildman–Crippen LogP) is 3.61. The third-order valence-electron chi connectivity index (χ3n) is 2.19. The van der Waals surface area contributed by atoms with E-state index in [9.17, 15) is 0 Å². The Morgan fingerprint density at radius 2 is 2.18 bits per heavy atom. The Morgan fingerprint density at radius 1 is 1.35 bits per heavy atom. The number of nitrogens with one attached hydrogen (secondary N) is 1. The zero-order valence-electron chi connectivity index (χ0n) is 8.73. The molecule has 0 unspecified atom stereocenters. The molecule has 0 saturated carbocycles. The SMILES string of the molecule is S=CNc1ccn(Cc2cc(Cl)ccc2Cl)n1. The largest absolute Gasteiger partial charge is 0.336 e. The standard InChI is InChI=1S/C11H9Cl2N3S/c12-9-1-2-10(13)8(5-9)6-16-4-3-11(15-16)14-7-17/h1-5,7H,6H2,(H,14,15,17). The molecule has 0 aliphatic heterocycles. The number of hydrogen-bond donors (Lipinski definition) is 1. The van der Waals surface area contributed by atoms with Gasteiger partial charge in [0.25, 0.3) is 0 Å². The quantitative estimate of drug-likeness (QED) is 0.871. The molecule has 0 bridgehead atoms. The first-order valence-corrected chi connectivity index (χ1v) is 6.09. The van der Waals surface area contributed by atoms with Crippen LogP contribution in [0.25, 0.3) is 0 Å². The number of anilines is 1. The lowest BCUT2D eigenvalue weighted by Gasteiger charge is -2.05. The van der Waals surface area contributed by atoms with Crippen LogP contribution in [-0.4, -0.2) is 15.3 Å². The van der Waals surface area contributed by atoms with Gasteiger partial charge in [-0.25, -0.2) is 0 Å². The van der Waals surface area contributed by atoms with Gasteiger partial charge < -0.3 is 5.32 Å². The van der Waals surface area contributed by atoms with E-state index < -0.39 is 0 Å². The molecular weight excluding hydrogens is 277 g/mol. The van der Waals surface area contributed by atoms with E-state index in [0.717, 1.165) is 5.56 Å². The van der Waals surface area contributed by atoms with Crippen molar-refractivity contribution in [3.8, 4) is 0 Å². The molecule has 3 nitrogen and oxygen atoms in total. The van der Waals surface area contributed by atoms with Gasteiger partial charge in [0.15, 0.2) is 5.82 Å². The van der Waals surface area contributed by atoms with Crippen molar-refractivity contribution in [1.82, 2.24) is 9.78 Å². The van der Waals surface area contributed by atoms with Crippen LogP contribution in [0.2, 0.25) is 10.0 Å². The van der Waals surface area contributed by atoms with Crippen LogP contribution in [0.5, 0.6) is 0 Å². The van der Waals surface area contributed by atoms with Crippen molar-refractivity contribution in [2.24, 2.45) is 0 Å². The van der Waals surface area contributed by atoms with Crippen molar-refractivity contribution in [1.29, 1.82) is 0 Å². The maximum atomic E-state index is 6.08. The number of thiocarbonyl (C=S) groups is 1. The number of benzene rings is 1. The molecule has 1 aromatic heterocycles. The lowest BCUT2D eigenvalue weighted by atomic mass is 10.2. The average molecular weight is 286 g/mol. The van der Waals surface area contributed by atoms with Crippen molar-refractivity contribution in [2.75, 3.05) is 5.32 Å². The lowest BCUT2D eigenvalue weighted by Crippen LogP contribution is -2.02. The highest BCUT2D eigenvalue weighted by molar-refractivity contribution is 7.79. The van der Waals surface area contributed by atoms with Gasteiger partial charge in [0.1, 0.15) is 0 Å². The topological polar surface area (TPSA) is 29.9 Å². The van der Waals surface area contributed by atoms with Crippen molar-refractivity contribution in [2.45, 2.75) is 6.54 Å². The van der Waals surface area contributed by atoms with E-state index in [1.165, 1.54) is 5.49 Å². The fraction of sp³-hybridized carbons (Fsp3) is 0.0909. The van der Waals surface area contributed by atoms with Gasteiger partial charge in [0.2, 0.25) is 0 Å². The van der Waals surface area contributed by atoms with E-state index in [1.807, 2.05) is 18.3 Å². The van der Waals surface area contributed by atoms with Crippen LogP contribution >= 0.6 is 35.4 Å². The minimum absolute atomic E-state index is 0.568. The zero-order valence-corrected chi connectivity index (χ0v) is 11.1. The summed E-state index contributed by atoms with van der Waals surface area (Å²) >= 11 is 16.7. The van der Waals surface area contributed by atoms with E-state index in [-0.39, 0.29) is 0 Å². The number of nitrogens with zero attached hydrogens (tertiary/aromatic N) is 2. The Hall–Kier alpha value is -1.10. The van der Waals surface area contributed by atoms with Gasteiger partial charge in [-0.1, -0.05) is 35.4 Å². The van der Waals surface area contributed by atoms with Crippen LogP contribution in [-0.2, 0) is 6.54 Å². The van der Waals surface area contributed by atoms with Crippen LogP contribution in [0.3, 0.4) is 0 Å². The highest BCUT2D eigenvalue weighted by atomic mass is 35.5. The van der Waals surface area contributed by atoms with Gasteiger partial charge >= 0.3 is 0 Å². The lowest BCUT2D eigenvalue weighted by molar-refractivity contribution is 0.690. The van der Waals surface area contributed by atoms with Crippen molar-refractivity contribution in [3.63, 3.8) is 0 Å². The Balaban J connectivity index is 2.18. The maximum Gasteiger partial charge on any atom is 0.152 e.